The van der Waals surface area contributed by atoms with Gasteiger partial charge in [0.1, 0.15) is 0 Å². The summed E-state index contributed by atoms with van der Waals surface area (Å²) in [4.78, 5) is 46.6. The number of rotatable bonds is 7. The van der Waals surface area contributed by atoms with Gasteiger partial charge in [0.05, 0.1) is 10.5 Å². The maximum atomic E-state index is 12.4. The summed E-state index contributed by atoms with van der Waals surface area (Å²) in [5.74, 6) is -1.36. The van der Waals surface area contributed by atoms with Gasteiger partial charge in [0.2, 0.25) is 0 Å². The van der Waals surface area contributed by atoms with Gasteiger partial charge in [-0.15, -0.1) is 0 Å². The molecule has 7 heteroatoms. The smallest absolute Gasteiger partial charge is 0.338 e. The molecule has 0 aromatic heterocycles. The van der Waals surface area contributed by atoms with Crippen molar-refractivity contribution in [2.24, 2.45) is 0 Å². The van der Waals surface area contributed by atoms with Gasteiger partial charge < -0.3 is 4.74 Å². The highest BCUT2D eigenvalue weighted by molar-refractivity contribution is 6.09. The lowest BCUT2D eigenvalue weighted by Gasteiger charge is -2.06. The Morgan fingerprint density at radius 2 is 1.24 bits per heavy atom. The number of hydrogen-bond acceptors (Lipinski definition) is 6. The molecule has 0 unspecified atom stereocenters. The van der Waals surface area contributed by atoms with Crippen molar-refractivity contribution in [3.63, 3.8) is 0 Å². The van der Waals surface area contributed by atoms with Crippen molar-refractivity contribution in [3.05, 3.63) is 111 Å². The molecule has 0 aliphatic carbocycles. The van der Waals surface area contributed by atoms with Crippen LogP contribution in [0, 0.1) is 10.1 Å². The molecule has 0 fully saturated rings. The summed E-state index contributed by atoms with van der Waals surface area (Å²) in [6, 6.07) is 19.7. The molecule has 0 aliphatic rings. The summed E-state index contributed by atoms with van der Waals surface area (Å²) in [5, 5.41) is 10.6. The van der Waals surface area contributed by atoms with Crippen molar-refractivity contribution in [2.75, 3.05) is 6.61 Å². The Hall–Kier alpha value is -4.13. The first-order valence-electron chi connectivity index (χ1n) is 8.60. The Morgan fingerprint density at radius 3 is 1.83 bits per heavy atom. The molecule has 7 nitrogen and oxygen atoms in total. The Morgan fingerprint density at radius 1 is 0.724 bits per heavy atom. The van der Waals surface area contributed by atoms with Crippen LogP contribution in [-0.4, -0.2) is 29.1 Å². The molecule has 3 aromatic rings. The van der Waals surface area contributed by atoms with Gasteiger partial charge in [0.15, 0.2) is 18.2 Å². The van der Waals surface area contributed by atoms with Crippen LogP contribution in [0.1, 0.15) is 36.6 Å². The highest BCUT2D eigenvalue weighted by atomic mass is 16.6. The van der Waals surface area contributed by atoms with E-state index in [0.717, 1.165) is 0 Å². The lowest BCUT2D eigenvalue weighted by Crippen LogP contribution is -2.14. The summed E-state index contributed by atoms with van der Waals surface area (Å²) in [6.07, 6.45) is 0. The molecule has 3 aromatic carbocycles. The van der Waals surface area contributed by atoms with Gasteiger partial charge in [-0.2, -0.15) is 0 Å². The zero-order valence-corrected chi connectivity index (χ0v) is 15.1. The SMILES string of the molecule is O=C(COC(=O)c1ccc(C(=O)c2ccccc2)cc1)c1ccc([N+](=O)[O-])cc1. The number of hydrogen-bond donors (Lipinski definition) is 0. The molecule has 144 valence electrons. The van der Waals surface area contributed by atoms with Crippen molar-refractivity contribution < 1.29 is 24.0 Å². The highest BCUT2D eigenvalue weighted by Crippen LogP contribution is 2.14. The third kappa shape index (κ3) is 4.78. The lowest BCUT2D eigenvalue weighted by molar-refractivity contribution is -0.384. The lowest BCUT2D eigenvalue weighted by atomic mass is 10.0. The molecule has 0 amide bonds. The quantitative estimate of drug-likeness (QED) is 0.263. The molecule has 0 spiro atoms. The fourth-order valence-electron chi connectivity index (χ4n) is 2.58. The minimum absolute atomic E-state index is 0.135. The van der Waals surface area contributed by atoms with Crippen LogP contribution in [0.4, 0.5) is 5.69 Å². The number of carbonyl (C=O) groups is 3. The Bertz CT molecular complexity index is 1060. The van der Waals surface area contributed by atoms with Crippen LogP contribution in [-0.2, 0) is 4.74 Å². The summed E-state index contributed by atoms with van der Waals surface area (Å²) in [7, 11) is 0. The van der Waals surface area contributed by atoms with Crippen LogP contribution in [0.3, 0.4) is 0 Å². The molecular weight excluding hydrogens is 374 g/mol. The largest absolute Gasteiger partial charge is 0.454 e. The molecule has 0 radical (unpaired) electrons. The van der Waals surface area contributed by atoms with Crippen molar-refractivity contribution in [3.8, 4) is 0 Å². The van der Waals surface area contributed by atoms with Gasteiger partial charge in [0, 0.05) is 28.8 Å². The van der Waals surface area contributed by atoms with Crippen LogP contribution < -0.4 is 0 Å². The summed E-state index contributed by atoms with van der Waals surface area (Å²) >= 11 is 0. The van der Waals surface area contributed by atoms with Crippen LogP contribution >= 0.6 is 0 Å². The zero-order chi connectivity index (χ0) is 20.8. The number of esters is 1. The van der Waals surface area contributed by atoms with E-state index in [1.807, 2.05) is 6.07 Å². The van der Waals surface area contributed by atoms with Crippen molar-refractivity contribution >= 4 is 23.2 Å². The zero-order valence-electron chi connectivity index (χ0n) is 15.1. The second kappa shape index (κ2) is 8.71. The molecule has 0 saturated carbocycles. The van der Waals surface area contributed by atoms with Crippen LogP contribution in [0.2, 0.25) is 0 Å². The number of carbonyl (C=O) groups excluding carboxylic acids is 3. The number of nitro groups is 1. The molecular formula is C22H15NO6. The van der Waals surface area contributed by atoms with Gasteiger partial charge in [-0.05, 0) is 24.3 Å². The first-order chi connectivity index (χ1) is 14.0. The van der Waals surface area contributed by atoms with E-state index in [1.54, 1.807) is 24.3 Å². The highest BCUT2D eigenvalue weighted by Gasteiger charge is 2.15. The summed E-state index contributed by atoms with van der Waals surface area (Å²) < 4.78 is 5.00. The van der Waals surface area contributed by atoms with Gasteiger partial charge in [-0.25, -0.2) is 4.79 Å². The van der Waals surface area contributed by atoms with E-state index in [0.29, 0.717) is 11.1 Å². The molecule has 0 bridgehead atoms. The number of nitro benzene ring substituents is 1. The minimum Gasteiger partial charge on any atom is -0.454 e. The maximum absolute atomic E-state index is 12.4. The predicted octanol–water partition coefficient (Wildman–Crippen LogP) is 3.87. The molecule has 0 saturated heterocycles. The number of ether oxygens (including phenoxy) is 1. The standard InChI is InChI=1S/C22H15NO6/c24-20(15-10-12-19(13-11-15)23(27)28)14-29-22(26)18-8-6-17(7-9-18)21(25)16-4-2-1-3-5-16/h1-13H,14H2. The van der Waals surface area contributed by atoms with Crippen molar-refractivity contribution in [1.82, 2.24) is 0 Å². The third-order valence-electron chi connectivity index (χ3n) is 4.15. The molecule has 29 heavy (non-hydrogen) atoms. The minimum atomic E-state index is -0.709. The number of Topliss-reactive ketones (excluding diaryl/α,β-unsaturated/α-hetero) is 1. The van der Waals surface area contributed by atoms with Gasteiger partial charge in [-0.3, -0.25) is 19.7 Å². The normalized spacial score (nSPS) is 10.2. The van der Waals surface area contributed by atoms with E-state index >= 15 is 0 Å². The fraction of sp³-hybridized carbons (Fsp3) is 0.0455. The third-order valence-corrected chi connectivity index (χ3v) is 4.15. The second-order valence-corrected chi connectivity index (χ2v) is 6.08. The number of benzene rings is 3. The van der Waals surface area contributed by atoms with Crippen LogP contribution in [0.5, 0.6) is 0 Å². The van der Waals surface area contributed by atoms with E-state index in [2.05, 4.69) is 0 Å². The van der Waals surface area contributed by atoms with E-state index in [9.17, 15) is 24.5 Å². The topological polar surface area (TPSA) is 104 Å². The van der Waals surface area contributed by atoms with Crippen molar-refractivity contribution in [1.29, 1.82) is 0 Å². The maximum Gasteiger partial charge on any atom is 0.338 e. The fourth-order valence-corrected chi connectivity index (χ4v) is 2.58. The molecule has 3 rings (SSSR count). The number of nitrogens with zero attached hydrogens (tertiary/aromatic N) is 1. The molecule has 0 aliphatic heterocycles. The number of ketones is 2. The van der Waals surface area contributed by atoms with Gasteiger partial charge >= 0.3 is 5.97 Å². The Labute approximate surface area is 165 Å². The summed E-state index contributed by atoms with van der Waals surface area (Å²) in [6.45, 7) is -0.499. The Kier molecular flexibility index (Phi) is 5.89. The van der Waals surface area contributed by atoms with Gasteiger partial charge in [-0.1, -0.05) is 42.5 Å². The first kappa shape index (κ1) is 19.6. The monoisotopic (exact) mass is 389 g/mol. The average molecular weight is 389 g/mol. The van der Waals surface area contributed by atoms with Crippen LogP contribution in [0.15, 0.2) is 78.9 Å². The first-order valence-corrected chi connectivity index (χ1v) is 8.60. The van der Waals surface area contributed by atoms with E-state index in [1.165, 1.54) is 48.5 Å². The van der Waals surface area contributed by atoms with Crippen molar-refractivity contribution in [2.45, 2.75) is 0 Å². The van der Waals surface area contributed by atoms with E-state index < -0.39 is 23.3 Å². The molecule has 0 heterocycles. The average Bonchev–Trinajstić information content (AvgIpc) is 2.77. The molecule has 0 atom stereocenters. The van der Waals surface area contributed by atoms with E-state index in [-0.39, 0.29) is 22.6 Å². The summed E-state index contributed by atoms with van der Waals surface area (Å²) in [5.41, 5.74) is 1.23. The molecule has 0 N–H and O–H groups in total. The van der Waals surface area contributed by atoms with Crippen LogP contribution in [0.25, 0.3) is 0 Å². The van der Waals surface area contributed by atoms with Gasteiger partial charge in [0.25, 0.3) is 5.69 Å². The predicted molar refractivity (Wildman–Crippen MR) is 104 cm³/mol. The Balaban J connectivity index is 1.60. The number of non-ortho nitro benzene ring substituents is 1. The second-order valence-electron chi connectivity index (χ2n) is 6.08. The van der Waals surface area contributed by atoms with E-state index in [4.69, 9.17) is 4.74 Å².